The fraction of sp³-hybridized carbons (Fsp3) is 0.650. The fourth-order valence-corrected chi connectivity index (χ4v) is 3.13. The average molecular weight is 333 g/mol. The minimum Gasteiger partial charge on any atom is -0.466 e. The minimum atomic E-state index is -0.0412. The van der Waals surface area contributed by atoms with Gasteiger partial charge in [0.05, 0.1) is 13.2 Å². The van der Waals surface area contributed by atoms with Gasteiger partial charge in [-0.2, -0.15) is 0 Å². The Labute approximate surface area is 146 Å². The largest absolute Gasteiger partial charge is 0.466 e. The number of hydrogen-bond acceptors (Lipinski definition) is 4. The summed E-state index contributed by atoms with van der Waals surface area (Å²) in [6, 6.07) is 8.51. The van der Waals surface area contributed by atoms with Gasteiger partial charge in [-0.15, -0.1) is 0 Å². The Morgan fingerprint density at radius 3 is 2.58 bits per heavy atom. The molecule has 134 valence electrons. The number of likely N-dealkylation sites (tertiary alicyclic amines) is 1. The number of rotatable bonds is 9. The van der Waals surface area contributed by atoms with Crippen molar-refractivity contribution in [3.05, 3.63) is 35.4 Å². The van der Waals surface area contributed by atoms with Crippen molar-refractivity contribution in [3.8, 4) is 0 Å². The van der Waals surface area contributed by atoms with Gasteiger partial charge >= 0.3 is 5.97 Å². The maximum Gasteiger partial charge on any atom is 0.306 e. The van der Waals surface area contributed by atoms with E-state index in [1.807, 2.05) is 6.92 Å². The summed E-state index contributed by atoms with van der Waals surface area (Å²) in [5.74, 6) is 0.457. The van der Waals surface area contributed by atoms with E-state index in [1.165, 1.54) is 11.1 Å². The van der Waals surface area contributed by atoms with Crippen molar-refractivity contribution in [1.29, 1.82) is 0 Å². The molecular formula is C20H31NO3. The van der Waals surface area contributed by atoms with Crippen LogP contribution in [0.5, 0.6) is 0 Å². The summed E-state index contributed by atoms with van der Waals surface area (Å²) >= 11 is 0. The lowest BCUT2D eigenvalue weighted by molar-refractivity contribution is -0.144. The molecule has 1 aromatic rings. The summed E-state index contributed by atoms with van der Waals surface area (Å²) in [5, 5.41) is 0. The van der Waals surface area contributed by atoms with Crippen molar-refractivity contribution in [2.75, 3.05) is 32.8 Å². The highest BCUT2D eigenvalue weighted by Gasteiger charge is 2.21. The lowest BCUT2D eigenvalue weighted by Gasteiger charge is -2.31. The van der Waals surface area contributed by atoms with Gasteiger partial charge in [0.2, 0.25) is 0 Å². The lowest BCUT2D eigenvalue weighted by atomic mass is 9.93. The minimum absolute atomic E-state index is 0.0412. The van der Waals surface area contributed by atoms with Crippen LogP contribution in [0.25, 0.3) is 0 Å². The Hall–Kier alpha value is -1.39. The number of carbonyl (C=O) groups is 1. The third kappa shape index (κ3) is 7.02. The predicted molar refractivity (Wildman–Crippen MR) is 95.9 cm³/mol. The number of benzene rings is 1. The van der Waals surface area contributed by atoms with Gasteiger partial charge in [-0.3, -0.25) is 4.79 Å². The first-order chi connectivity index (χ1) is 11.7. The number of carbonyl (C=O) groups excluding carboxylic acids is 1. The van der Waals surface area contributed by atoms with Gasteiger partial charge in [-0.05, 0) is 57.7 Å². The number of nitrogens with zero attached hydrogens (tertiary/aromatic N) is 1. The molecule has 0 aromatic heterocycles. The number of hydrogen-bond donors (Lipinski definition) is 0. The van der Waals surface area contributed by atoms with E-state index in [-0.39, 0.29) is 5.97 Å². The SMILES string of the molecule is CCOC(=O)CC1CCN(CCCOCc2ccc(C)cc2)CC1. The molecule has 1 fully saturated rings. The Balaban J connectivity index is 1.51. The molecule has 24 heavy (non-hydrogen) atoms. The molecule has 4 heteroatoms. The van der Waals surface area contributed by atoms with Crippen LogP contribution in [0, 0.1) is 12.8 Å². The summed E-state index contributed by atoms with van der Waals surface area (Å²) < 4.78 is 10.8. The molecule has 0 unspecified atom stereocenters. The summed E-state index contributed by atoms with van der Waals surface area (Å²) in [4.78, 5) is 14.0. The standard InChI is InChI=1S/C20H31NO3/c1-3-24-20(22)15-18-9-12-21(13-10-18)11-4-14-23-16-19-7-5-17(2)6-8-19/h5-8,18H,3-4,9-16H2,1-2H3. The normalized spacial score (nSPS) is 16.2. The zero-order valence-corrected chi connectivity index (χ0v) is 15.1. The van der Waals surface area contributed by atoms with Crippen LogP contribution in [-0.4, -0.2) is 43.7 Å². The summed E-state index contributed by atoms with van der Waals surface area (Å²) in [5.41, 5.74) is 2.52. The second-order valence-electron chi connectivity index (χ2n) is 6.69. The van der Waals surface area contributed by atoms with E-state index in [2.05, 4.69) is 36.1 Å². The first-order valence-electron chi connectivity index (χ1n) is 9.18. The van der Waals surface area contributed by atoms with E-state index in [4.69, 9.17) is 9.47 Å². The van der Waals surface area contributed by atoms with Gasteiger partial charge in [0.1, 0.15) is 0 Å². The second kappa shape index (κ2) is 10.5. The quantitative estimate of drug-likeness (QED) is 0.511. The molecule has 1 saturated heterocycles. The molecule has 0 bridgehead atoms. The van der Waals surface area contributed by atoms with E-state index in [9.17, 15) is 4.79 Å². The molecule has 0 aliphatic carbocycles. The summed E-state index contributed by atoms with van der Waals surface area (Å²) in [6.45, 7) is 9.20. The van der Waals surface area contributed by atoms with Crippen LogP contribution in [0.4, 0.5) is 0 Å². The van der Waals surface area contributed by atoms with Gasteiger partial charge in [-0.1, -0.05) is 29.8 Å². The van der Waals surface area contributed by atoms with E-state index in [1.54, 1.807) is 0 Å². The van der Waals surface area contributed by atoms with Crippen molar-refractivity contribution < 1.29 is 14.3 Å². The molecule has 0 atom stereocenters. The number of piperidine rings is 1. The summed E-state index contributed by atoms with van der Waals surface area (Å²) in [7, 11) is 0. The fourth-order valence-electron chi connectivity index (χ4n) is 3.13. The maximum absolute atomic E-state index is 11.5. The first kappa shape index (κ1) is 18.9. The molecule has 1 aliphatic heterocycles. The van der Waals surface area contributed by atoms with Gasteiger partial charge in [0.15, 0.2) is 0 Å². The average Bonchev–Trinajstić information content (AvgIpc) is 2.58. The van der Waals surface area contributed by atoms with Crippen LogP contribution in [-0.2, 0) is 20.9 Å². The van der Waals surface area contributed by atoms with Crippen molar-refractivity contribution in [3.63, 3.8) is 0 Å². The Morgan fingerprint density at radius 1 is 1.21 bits per heavy atom. The van der Waals surface area contributed by atoms with E-state index in [0.717, 1.165) is 45.5 Å². The smallest absolute Gasteiger partial charge is 0.306 e. The van der Waals surface area contributed by atoms with Crippen molar-refractivity contribution in [1.82, 2.24) is 4.90 Å². The molecule has 2 rings (SSSR count). The van der Waals surface area contributed by atoms with Gasteiger partial charge in [0.25, 0.3) is 0 Å². The predicted octanol–water partition coefficient (Wildman–Crippen LogP) is 3.57. The molecule has 0 amide bonds. The van der Waals surface area contributed by atoms with Crippen LogP contribution in [0.2, 0.25) is 0 Å². The van der Waals surface area contributed by atoms with Crippen molar-refractivity contribution >= 4 is 5.97 Å². The molecule has 1 aliphatic rings. The molecule has 4 nitrogen and oxygen atoms in total. The van der Waals surface area contributed by atoms with Crippen molar-refractivity contribution in [2.45, 2.75) is 46.1 Å². The van der Waals surface area contributed by atoms with Gasteiger partial charge in [-0.25, -0.2) is 0 Å². The molecule has 0 radical (unpaired) electrons. The monoisotopic (exact) mass is 333 g/mol. The van der Waals surface area contributed by atoms with E-state index < -0.39 is 0 Å². The number of ether oxygens (including phenoxy) is 2. The number of aryl methyl sites for hydroxylation is 1. The highest BCUT2D eigenvalue weighted by molar-refractivity contribution is 5.69. The van der Waals surface area contributed by atoms with Crippen LogP contribution in [0.3, 0.4) is 0 Å². The molecule has 0 N–H and O–H groups in total. The first-order valence-corrected chi connectivity index (χ1v) is 9.18. The van der Waals surface area contributed by atoms with E-state index in [0.29, 0.717) is 25.6 Å². The molecule has 1 aromatic carbocycles. The highest BCUT2D eigenvalue weighted by Crippen LogP contribution is 2.21. The Morgan fingerprint density at radius 2 is 1.92 bits per heavy atom. The van der Waals surface area contributed by atoms with Crippen LogP contribution >= 0.6 is 0 Å². The zero-order chi connectivity index (χ0) is 17.2. The molecule has 1 heterocycles. The van der Waals surface area contributed by atoms with Crippen LogP contribution in [0.1, 0.15) is 43.7 Å². The van der Waals surface area contributed by atoms with Gasteiger partial charge in [0, 0.05) is 19.6 Å². The third-order valence-corrected chi connectivity index (χ3v) is 4.62. The second-order valence-corrected chi connectivity index (χ2v) is 6.69. The Bertz CT molecular complexity index is 478. The topological polar surface area (TPSA) is 38.8 Å². The molecular weight excluding hydrogens is 302 g/mol. The summed E-state index contributed by atoms with van der Waals surface area (Å²) in [6.07, 6.45) is 3.85. The third-order valence-electron chi connectivity index (χ3n) is 4.62. The van der Waals surface area contributed by atoms with Crippen LogP contribution < -0.4 is 0 Å². The lowest BCUT2D eigenvalue weighted by Crippen LogP contribution is -2.35. The van der Waals surface area contributed by atoms with Gasteiger partial charge < -0.3 is 14.4 Å². The van der Waals surface area contributed by atoms with Crippen molar-refractivity contribution in [2.24, 2.45) is 5.92 Å². The number of esters is 1. The molecule has 0 saturated carbocycles. The Kier molecular flexibility index (Phi) is 8.26. The maximum atomic E-state index is 11.5. The zero-order valence-electron chi connectivity index (χ0n) is 15.1. The van der Waals surface area contributed by atoms with E-state index >= 15 is 0 Å². The van der Waals surface area contributed by atoms with Crippen LogP contribution in [0.15, 0.2) is 24.3 Å². The molecule has 0 spiro atoms. The highest BCUT2D eigenvalue weighted by atomic mass is 16.5.